The fourth-order valence-electron chi connectivity index (χ4n) is 3.05. The zero-order valence-corrected chi connectivity index (χ0v) is 16.9. The quantitative estimate of drug-likeness (QED) is 0.622. The van der Waals surface area contributed by atoms with Gasteiger partial charge in [0.1, 0.15) is 11.6 Å². The lowest BCUT2D eigenvalue weighted by molar-refractivity contribution is -0.128. The minimum absolute atomic E-state index is 0.0638. The number of nitrogens with zero attached hydrogens (tertiary/aromatic N) is 2. The molecule has 0 aliphatic carbocycles. The lowest BCUT2D eigenvalue weighted by atomic mass is 10.1. The largest absolute Gasteiger partial charge is 0.493 e. The highest BCUT2D eigenvalue weighted by molar-refractivity contribution is 5.92. The molecule has 0 unspecified atom stereocenters. The molecular formula is C23H25N3O3. The molecule has 6 nitrogen and oxygen atoms in total. The number of benzene rings is 2. The van der Waals surface area contributed by atoms with Crippen LogP contribution in [0.4, 0.5) is 0 Å². The van der Waals surface area contributed by atoms with Crippen LogP contribution in [-0.2, 0) is 11.3 Å². The maximum absolute atomic E-state index is 12.9. The molecule has 1 heterocycles. The summed E-state index contributed by atoms with van der Waals surface area (Å²) >= 11 is 0. The van der Waals surface area contributed by atoms with E-state index < -0.39 is 0 Å². The van der Waals surface area contributed by atoms with Crippen LogP contribution in [0.15, 0.2) is 59.4 Å². The molecule has 1 aromatic heterocycles. The molecule has 0 saturated heterocycles. The van der Waals surface area contributed by atoms with Gasteiger partial charge in [0.05, 0.1) is 24.1 Å². The van der Waals surface area contributed by atoms with E-state index in [4.69, 9.17) is 4.74 Å². The third kappa shape index (κ3) is 4.90. The molecule has 0 saturated carbocycles. The van der Waals surface area contributed by atoms with Crippen molar-refractivity contribution in [3.63, 3.8) is 0 Å². The third-order valence-electron chi connectivity index (χ3n) is 4.51. The van der Waals surface area contributed by atoms with E-state index in [1.807, 2.05) is 51.1 Å². The standard InChI is InChI=1S/C23H25N3O3/c1-4-29-20-12-8-5-9-17(20)13-14-22(27)26(16(2)3)15-21-24-19-11-7-6-10-18(19)23(28)25-21/h5-14,16H,4,15H2,1-3H3,(H,24,25,28)/b14-13+. The van der Waals surface area contributed by atoms with Crippen LogP contribution in [0.5, 0.6) is 5.75 Å². The molecule has 6 heteroatoms. The van der Waals surface area contributed by atoms with Crippen molar-refractivity contribution in [1.82, 2.24) is 14.9 Å². The Balaban J connectivity index is 1.83. The van der Waals surface area contributed by atoms with E-state index in [9.17, 15) is 9.59 Å². The van der Waals surface area contributed by atoms with Crippen molar-refractivity contribution in [1.29, 1.82) is 0 Å². The highest BCUT2D eigenvalue weighted by Crippen LogP contribution is 2.20. The average molecular weight is 391 g/mol. The molecule has 0 aliphatic heterocycles. The van der Waals surface area contributed by atoms with Crippen LogP contribution < -0.4 is 10.3 Å². The van der Waals surface area contributed by atoms with Gasteiger partial charge in [-0.3, -0.25) is 9.59 Å². The average Bonchev–Trinajstić information content (AvgIpc) is 2.71. The first-order chi connectivity index (χ1) is 14.0. The second kappa shape index (κ2) is 9.19. The third-order valence-corrected chi connectivity index (χ3v) is 4.51. The zero-order chi connectivity index (χ0) is 20.8. The predicted octanol–water partition coefficient (Wildman–Crippen LogP) is 3.77. The monoisotopic (exact) mass is 391 g/mol. The number of rotatable bonds is 7. The molecule has 0 spiro atoms. The smallest absolute Gasteiger partial charge is 0.258 e. The van der Waals surface area contributed by atoms with E-state index in [1.165, 1.54) is 6.08 Å². The van der Waals surface area contributed by atoms with E-state index in [2.05, 4.69) is 9.97 Å². The van der Waals surface area contributed by atoms with E-state index >= 15 is 0 Å². The van der Waals surface area contributed by atoms with E-state index in [1.54, 1.807) is 29.2 Å². The summed E-state index contributed by atoms with van der Waals surface area (Å²) in [5.41, 5.74) is 1.25. The van der Waals surface area contributed by atoms with Crippen LogP contribution in [0.25, 0.3) is 17.0 Å². The topological polar surface area (TPSA) is 75.3 Å². The Labute approximate surface area is 169 Å². The number of para-hydroxylation sites is 2. The lowest BCUT2D eigenvalue weighted by Gasteiger charge is -2.25. The number of fused-ring (bicyclic) bond motifs is 1. The molecule has 3 rings (SSSR count). The Hall–Kier alpha value is -3.41. The summed E-state index contributed by atoms with van der Waals surface area (Å²) in [5, 5.41) is 0.533. The van der Waals surface area contributed by atoms with Crippen LogP contribution >= 0.6 is 0 Å². The molecule has 3 aromatic rings. The second-order valence-electron chi connectivity index (χ2n) is 6.89. The minimum atomic E-state index is -0.206. The number of carbonyl (C=O) groups is 1. The van der Waals surface area contributed by atoms with Gasteiger partial charge in [0, 0.05) is 17.7 Å². The van der Waals surface area contributed by atoms with Crippen molar-refractivity contribution in [3.05, 3.63) is 76.3 Å². The number of hydrogen-bond acceptors (Lipinski definition) is 4. The molecule has 0 atom stereocenters. The summed E-state index contributed by atoms with van der Waals surface area (Å²) < 4.78 is 5.60. The lowest BCUT2D eigenvalue weighted by Crippen LogP contribution is -2.36. The summed E-state index contributed by atoms with van der Waals surface area (Å²) in [7, 11) is 0. The molecule has 0 aliphatic rings. The van der Waals surface area contributed by atoms with Gasteiger partial charge in [0.15, 0.2) is 0 Å². The zero-order valence-electron chi connectivity index (χ0n) is 16.9. The Morgan fingerprint density at radius 2 is 1.90 bits per heavy atom. The predicted molar refractivity (Wildman–Crippen MR) is 115 cm³/mol. The number of ether oxygens (including phenoxy) is 1. The maximum Gasteiger partial charge on any atom is 0.258 e. The normalized spacial score (nSPS) is 11.3. The Bertz CT molecular complexity index is 1090. The van der Waals surface area contributed by atoms with Crippen molar-refractivity contribution in [2.75, 3.05) is 6.61 Å². The summed E-state index contributed by atoms with van der Waals surface area (Å²) in [6.07, 6.45) is 3.27. The molecule has 1 amide bonds. The Kier molecular flexibility index (Phi) is 6.44. The number of amides is 1. The Morgan fingerprint density at radius 3 is 2.66 bits per heavy atom. The molecule has 0 bridgehead atoms. The number of nitrogens with one attached hydrogen (secondary N) is 1. The van der Waals surface area contributed by atoms with Crippen LogP contribution in [0.1, 0.15) is 32.2 Å². The van der Waals surface area contributed by atoms with E-state index in [-0.39, 0.29) is 24.1 Å². The van der Waals surface area contributed by atoms with Crippen LogP contribution in [0.2, 0.25) is 0 Å². The summed E-state index contributed by atoms with van der Waals surface area (Å²) in [5.74, 6) is 1.02. The van der Waals surface area contributed by atoms with Crippen molar-refractivity contribution in [3.8, 4) is 5.75 Å². The fourth-order valence-corrected chi connectivity index (χ4v) is 3.05. The van der Waals surface area contributed by atoms with Crippen LogP contribution in [-0.4, -0.2) is 33.4 Å². The maximum atomic E-state index is 12.9. The van der Waals surface area contributed by atoms with Crippen molar-refractivity contribution in [2.24, 2.45) is 0 Å². The van der Waals surface area contributed by atoms with Crippen molar-refractivity contribution < 1.29 is 9.53 Å². The minimum Gasteiger partial charge on any atom is -0.493 e. The number of aromatic nitrogens is 2. The second-order valence-corrected chi connectivity index (χ2v) is 6.89. The van der Waals surface area contributed by atoms with Gasteiger partial charge < -0.3 is 14.6 Å². The summed E-state index contributed by atoms with van der Waals surface area (Å²) in [6.45, 7) is 6.55. The number of hydrogen-bond donors (Lipinski definition) is 1. The molecule has 1 N–H and O–H groups in total. The van der Waals surface area contributed by atoms with Gasteiger partial charge in [-0.1, -0.05) is 30.3 Å². The van der Waals surface area contributed by atoms with Gasteiger partial charge >= 0.3 is 0 Å². The SMILES string of the molecule is CCOc1ccccc1/C=C/C(=O)N(Cc1nc2ccccc2c(=O)[nH]1)C(C)C. The first-order valence-electron chi connectivity index (χ1n) is 9.68. The number of aromatic amines is 1. The van der Waals surface area contributed by atoms with Crippen molar-refractivity contribution in [2.45, 2.75) is 33.4 Å². The molecule has 29 heavy (non-hydrogen) atoms. The van der Waals surface area contributed by atoms with Crippen molar-refractivity contribution >= 4 is 22.9 Å². The summed E-state index contributed by atoms with van der Waals surface area (Å²) in [4.78, 5) is 34.1. The highest BCUT2D eigenvalue weighted by atomic mass is 16.5. The first-order valence-corrected chi connectivity index (χ1v) is 9.68. The van der Waals surface area contributed by atoms with E-state index in [0.29, 0.717) is 23.3 Å². The van der Waals surface area contributed by atoms with Gasteiger partial charge in [0.2, 0.25) is 5.91 Å². The summed E-state index contributed by atoms with van der Waals surface area (Å²) in [6, 6.07) is 14.7. The molecule has 2 aromatic carbocycles. The molecular weight excluding hydrogens is 366 g/mol. The number of carbonyl (C=O) groups excluding carboxylic acids is 1. The molecule has 0 radical (unpaired) electrons. The van der Waals surface area contributed by atoms with Crippen LogP contribution in [0.3, 0.4) is 0 Å². The van der Waals surface area contributed by atoms with Gasteiger partial charge in [-0.25, -0.2) is 4.98 Å². The number of H-pyrrole nitrogens is 1. The van der Waals surface area contributed by atoms with Gasteiger partial charge in [-0.05, 0) is 45.0 Å². The Morgan fingerprint density at radius 1 is 1.17 bits per heavy atom. The van der Waals surface area contributed by atoms with Gasteiger partial charge in [-0.2, -0.15) is 0 Å². The molecule has 0 fully saturated rings. The van der Waals surface area contributed by atoms with Gasteiger partial charge in [-0.15, -0.1) is 0 Å². The fraction of sp³-hybridized carbons (Fsp3) is 0.261. The van der Waals surface area contributed by atoms with Crippen LogP contribution in [0, 0.1) is 0 Å². The van der Waals surface area contributed by atoms with E-state index in [0.717, 1.165) is 11.3 Å². The highest BCUT2D eigenvalue weighted by Gasteiger charge is 2.17. The first kappa shape index (κ1) is 20.3. The molecule has 150 valence electrons. The van der Waals surface area contributed by atoms with Gasteiger partial charge in [0.25, 0.3) is 5.56 Å².